The van der Waals surface area contributed by atoms with Crippen molar-refractivity contribution >= 4 is 17.7 Å². The van der Waals surface area contributed by atoms with E-state index in [9.17, 15) is 14.4 Å². The summed E-state index contributed by atoms with van der Waals surface area (Å²) < 4.78 is 21.5. The Kier molecular flexibility index (Phi) is 9.09. The lowest BCUT2D eigenvalue weighted by molar-refractivity contribution is -0.151. The van der Waals surface area contributed by atoms with Crippen LogP contribution in [0.15, 0.2) is 46.8 Å². The van der Waals surface area contributed by atoms with Crippen molar-refractivity contribution in [3.63, 3.8) is 0 Å². The Morgan fingerprint density at radius 1 is 1.11 bits per heavy atom. The SMILES string of the molecule is CCCCOc1ccccc1[C@@H]1C(C(=O)OCCOC)=C(C)NC2=C1C(=O)[C@@H](C(=O)OC)[C@@H](C)C2. The van der Waals surface area contributed by atoms with Crippen molar-refractivity contribution in [1.82, 2.24) is 5.32 Å². The van der Waals surface area contributed by atoms with Crippen molar-refractivity contribution < 1.29 is 33.3 Å². The number of carbonyl (C=O) groups is 3. The lowest BCUT2D eigenvalue weighted by Crippen LogP contribution is -2.43. The fourth-order valence-corrected chi connectivity index (χ4v) is 4.73. The molecular weight excluding hydrogens is 450 g/mol. The first-order valence-corrected chi connectivity index (χ1v) is 12.1. The van der Waals surface area contributed by atoms with Crippen LogP contribution in [0.5, 0.6) is 5.75 Å². The summed E-state index contributed by atoms with van der Waals surface area (Å²) in [6, 6.07) is 7.40. The summed E-state index contributed by atoms with van der Waals surface area (Å²) in [6.45, 7) is 6.57. The highest BCUT2D eigenvalue weighted by Crippen LogP contribution is 2.47. The van der Waals surface area contributed by atoms with E-state index in [1.165, 1.54) is 14.2 Å². The lowest BCUT2D eigenvalue weighted by atomic mass is 9.69. The molecule has 8 heteroatoms. The van der Waals surface area contributed by atoms with Crippen LogP contribution in [0, 0.1) is 11.8 Å². The van der Waals surface area contributed by atoms with Crippen LogP contribution in [0.4, 0.5) is 0 Å². The average molecular weight is 486 g/mol. The third kappa shape index (κ3) is 5.59. The van der Waals surface area contributed by atoms with Gasteiger partial charge in [0.25, 0.3) is 0 Å². The predicted octanol–water partition coefficient (Wildman–Crippen LogP) is 3.67. The van der Waals surface area contributed by atoms with Crippen LogP contribution in [0.25, 0.3) is 0 Å². The summed E-state index contributed by atoms with van der Waals surface area (Å²) in [7, 11) is 2.81. The predicted molar refractivity (Wildman–Crippen MR) is 130 cm³/mol. The van der Waals surface area contributed by atoms with Crippen LogP contribution in [0.1, 0.15) is 51.5 Å². The van der Waals surface area contributed by atoms with E-state index < -0.39 is 23.8 Å². The molecule has 1 aliphatic carbocycles. The van der Waals surface area contributed by atoms with Gasteiger partial charge >= 0.3 is 11.9 Å². The van der Waals surface area contributed by atoms with Crippen molar-refractivity contribution in [1.29, 1.82) is 0 Å². The van der Waals surface area contributed by atoms with Gasteiger partial charge in [0, 0.05) is 29.6 Å². The highest BCUT2D eigenvalue weighted by atomic mass is 16.6. The van der Waals surface area contributed by atoms with Crippen LogP contribution in [-0.4, -0.2) is 51.8 Å². The Morgan fingerprint density at radius 2 is 1.86 bits per heavy atom. The number of carbonyl (C=O) groups excluding carboxylic acids is 3. The second-order valence-electron chi connectivity index (χ2n) is 8.90. The molecule has 0 saturated heterocycles. The molecule has 0 fully saturated rings. The van der Waals surface area contributed by atoms with E-state index in [2.05, 4.69) is 12.2 Å². The summed E-state index contributed by atoms with van der Waals surface area (Å²) >= 11 is 0. The zero-order valence-electron chi connectivity index (χ0n) is 21.1. The topological polar surface area (TPSA) is 100 Å². The zero-order valence-corrected chi connectivity index (χ0v) is 21.1. The molecule has 2 aliphatic rings. The van der Waals surface area contributed by atoms with Gasteiger partial charge in [0.1, 0.15) is 18.3 Å². The van der Waals surface area contributed by atoms with E-state index in [1.807, 2.05) is 31.2 Å². The molecule has 0 saturated carbocycles. The smallest absolute Gasteiger partial charge is 0.336 e. The number of hydrogen-bond acceptors (Lipinski definition) is 8. The molecule has 3 rings (SSSR count). The molecule has 1 aromatic rings. The van der Waals surface area contributed by atoms with Gasteiger partial charge in [-0.2, -0.15) is 0 Å². The molecule has 8 nitrogen and oxygen atoms in total. The van der Waals surface area contributed by atoms with Crippen LogP contribution in [0.2, 0.25) is 0 Å². The second-order valence-corrected chi connectivity index (χ2v) is 8.90. The van der Waals surface area contributed by atoms with Crippen molar-refractivity contribution in [2.24, 2.45) is 11.8 Å². The molecule has 0 bridgehead atoms. The maximum absolute atomic E-state index is 13.8. The maximum Gasteiger partial charge on any atom is 0.336 e. The van der Waals surface area contributed by atoms with E-state index in [0.717, 1.165) is 12.8 Å². The number of dihydropyridines is 1. The van der Waals surface area contributed by atoms with Gasteiger partial charge in [-0.3, -0.25) is 9.59 Å². The summed E-state index contributed by atoms with van der Waals surface area (Å²) in [5, 5.41) is 3.26. The van der Waals surface area contributed by atoms with Crippen molar-refractivity contribution in [3.05, 3.63) is 52.4 Å². The van der Waals surface area contributed by atoms with Gasteiger partial charge in [-0.25, -0.2) is 4.79 Å². The number of methoxy groups -OCH3 is 2. The number of esters is 2. The molecule has 0 spiro atoms. The number of ether oxygens (including phenoxy) is 4. The van der Waals surface area contributed by atoms with E-state index in [-0.39, 0.29) is 24.9 Å². The molecule has 1 aromatic carbocycles. The Morgan fingerprint density at radius 3 is 2.54 bits per heavy atom. The number of unbranched alkanes of at least 4 members (excludes halogenated alkanes) is 1. The third-order valence-corrected chi connectivity index (χ3v) is 6.47. The Balaban J connectivity index is 2.14. The van der Waals surface area contributed by atoms with Gasteiger partial charge in [0.15, 0.2) is 5.78 Å². The van der Waals surface area contributed by atoms with E-state index in [1.54, 1.807) is 6.92 Å². The quantitative estimate of drug-likeness (QED) is 0.304. The first kappa shape index (κ1) is 26.5. The number of rotatable bonds is 10. The third-order valence-electron chi connectivity index (χ3n) is 6.47. The number of Topliss-reactive ketones (excluding diaryl/α,β-unsaturated/α-hetero) is 1. The number of para-hydroxylation sites is 1. The van der Waals surface area contributed by atoms with Gasteiger partial charge in [0.05, 0.1) is 31.8 Å². The Labute approximate surface area is 206 Å². The summed E-state index contributed by atoms with van der Waals surface area (Å²) in [6.07, 6.45) is 2.31. The number of nitrogens with one attached hydrogen (secondary N) is 1. The normalized spacial score (nSPS) is 21.9. The fourth-order valence-electron chi connectivity index (χ4n) is 4.73. The maximum atomic E-state index is 13.8. The molecule has 3 atom stereocenters. The molecular formula is C27H35NO7. The molecule has 1 N–H and O–H groups in total. The van der Waals surface area contributed by atoms with Gasteiger partial charge in [0.2, 0.25) is 0 Å². The minimum absolute atomic E-state index is 0.0785. The van der Waals surface area contributed by atoms with Crippen molar-refractivity contribution in [2.75, 3.05) is 34.0 Å². The minimum atomic E-state index is -0.944. The largest absolute Gasteiger partial charge is 0.493 e. The second kappa shape index (κ2) is 12.0. The average Bonchev–Trinajstić information content (AvgIpc) is 2.83. The van der Waals surface area contributed by atoms with Gasteiger partial charge in [-0.15, -0.1) is 0 Å². The number of hydrogen-bond donors (Lipinski definition) is 1. The molecule has 0 unspecified atom stereocenters. The Hall–Kier alpha value is -3.13. The fraction of sp³-hybridized carbons (Fsp3) is 0.519. The van der Waals surface area contributed by atoms with E-state index in [4.69, 9.17) is 18.9 Å². The summed E-state index contributed by atoms with van der Waals surface area (Å²) in [5.41, 5.74) is 2.70. The first-order valence-electron chi connectivity index (χ1n) is 12.1. The highest BCUT2D eigenvalue weighted by molar-refractivity contribution is 6.12. The van der Waals surface area contributed by atoms with Gasteiger partial charge in [-0.05, 0) is 31.7 Å². The van der Waals surface area contributed by atoms with E-state index in [0.29, 0.717) is 46.9 Å². The lowest BCUT2D eigenvalue weighted by Gasteiger charge is -2.38. The molecule has 0 aromatic heterocycles. The molecule has 1 aliphatic heterocycles. The number of benzene rings is 1. The minimum Gasteiger partial charge on any atom is -0.493 e. The summed E-state index contributed by atoms with van der Waals surface area (Å²) in [4.78, 5) is 39.7. The summed E-state index contributed by atoms with van der Waals surface area (Å²) in [5.74, 6) is -2.81. The zero-order chi connectivity index (χ0) is 25.5. The standard InChI is InChI=1S/C27H35NO7/c1-6-7-12-34-20-11-9-8-10-18(20)23-22(27(31)35-14-13-32-4)17(3)28-19-15-16(2)21(26(30)33-5)25(29)24(19)23/h8-11,16,21,23,28H,6-7,12-15H2,1-5H3/t16-,21-,23+/m0/s1. The van der Waals surface area contributed by atoms with Crippen LogP contribution >= 0.6 is 0 Å². The number of allylic oxidation sites excluding steroid dienone is 3. The number of ketones is 1. The van der Waals surface area contributed by atoms with Crippen molar-refractivity contribution in [2.45, 2.75) is 46.0 Å². The molecule has 0 amide bonds. The van der Waals surface area contributed by atoms with Crippen LogP contribution in [0.3, 0.4) is 0 Å². The van der Waals surface area contributed by atoms with Crippen LogP contribution < -0.4 is 10.1 Å². The molecule has 35 heavy (non-hydrogen) atoms. The molecule has 190 valence electrons. The monoisotopic (exact) mass is 485 g/mol. The van der Waals surface area contributed by atoms with Gasteiger partial charge in [-0.1, -0.05) is 38.5 Å². The van der Waals surface area contributed by atoms with Crippen molar-refractivity contribution in [3.8, 4) is 5.75 Å². The first-order chi connectivity index (χ1) is 16.8. The highest BCUT2D eigenvalue weighted by Gasteiger charge is 2.47. The van der Waals surface area contributed by atoms with Gasteiger partial charge < -0.3 is 24.3 Å². The molecule has 1 heterocycles. The molecule has 0 radical (unpaired) electrons. The Bertz CT molecular complexity index is 1030. The van der Waals surface area contributed by atoms with Crippen LogP contribution in [-0.2, 0) is 28.6 Å². The van der Waals surface area contributed by atoms with E-state index >= 15 is 0 Å².